The van der Waals surface area contributed by atoms with Crippen molar-refractivity contribution in [1.82, 2.24) is 10.3 Å². The number of hydrogen-bond acceptors (Lipinski definition) is 2. The van der Waals surface area contributed by atoms with Gasteiger partial charge in [0.1, 0.15) is 0 Å². The Bertz CT molecular complexity index is 343. The predicted molar refractivity (Wildman–Crippen MR) is 47.4 cm³/mol. The van der Waals surface area contributed by atoms with E-state index in [1.807, 2.05) is 0 Å². The van der Waals surface area contributed by atoms with Gasteiger partial charge in [0.2, 0.25) is 0 Å². The number of pyridine rings is 1. The summed E-state index contributed by atoms with van der Waals surface area (Å²) in [6, 6.07) is 1.92. The summed E-state index contributed by atoms with van der Waals surface area (Å²) in [7, 11) is 0. The summed E-state index contributed by atoms with van der Waals surface area (Å²) in [5.74, 6) is 0. The molecule has 0 spiro atoms. The molecule has 64 valence electrons. The normalized spacial score (nSPS) is 21.9. The lowest BCUT2D eigenvalue weighted by Crippen LogP contribution is -2.38. The Morgan fingerprint density at radius 2 is 2.33 bits per heavy atom. The van der Waals surface area contributed by atoms with E-state index in [9.17, 15) is 4.79 Å². The van der Waals surface area contributed by atoms with Crippen LogP contribution in [0.3, 0.4) is 0 Å². The molecule has 2 rings (SSSR count). The summed E-state index contributed by atoms with van der Waals surface area (Å²) < 4.78 is 0. The first-order chi connectivity index (χ1) is 5.77. The second-order valence-electron chi connectivity index (χ2n) is 2.90. The lowest BCUT2D eigenvalue weighted by atomic mass is 10.00. The lowest BCUT2D eigenvalue weighted by Gasteiger charge is -2.27. The van der Waals surface area contributed by atoms with Crippen molar-refractivity contribution in [3.05, 3.63) is 33.2 Å². The van der Waals surface area contributed by atoms with Crippen LogP contribution in [0.25, 0.3) is 0 Å². The Morgan fingerprint density at radius 1 is 1.58 bits per heavy atom. The molecule has 12 heavy (non-hydrogen) atoms. The highest BCUT2D eigenvalue weighted by atomic mass is 35.5. The van der Waals surface area contributed by atoms with Crippen LogP contribution in [0.5, 0.6) is 0 Å². The molecular weight excluding hydrogens is 176 g/mol. The highest BCUT2D eigenvalue weighted by molar-refractivity contribution is 6.30. The lowest BCUT2D eigenvalue weighted by molar-refractivity contribution is 0.380. The van der Waals surface area contributed by atoms with Gasteiger partial charge in [-0.1, -0.05) is 11.6 Å². The molecule has 0 amide bonds. The summed E-state index contributed by atoms with van der Waals surface area (Å²) in [4.78, 5) is 13.8. The fourth-order valence-corrected chi connectivity index (χ4v) is 1.46. The number of aromatic amines is 1. The van der Waals surface area contributed by atoms with E-state index in [1.54, 1.807) is 6.07 Å². The largest absolute Gasteiger partial charge is 0.327 e. The van der Waals surface area contributed by atoms with Crippen LogP contribution < -0.4 is 10.9 Å². The van der Waals surface area contributed by atoms with Crippen LogP contribution >= 0.6 is 11.6 Å². The van der Waals surface area contributed by atoms with Crippen LogP contribution in [0.2, 0.25) is 5.02 Å². The molecule has 4 heteroatoms. The minimum atomic E-state index is -0.0448. The Labute approximate surface area is 74.8 Å². The van der Waals surface area contributed by atoms with E-state index in [-0.39, 0.29) is 11.6 Å². The molecule has 0 aliphatic carbocycles. The molecule has 1 aliphatic heterocycles. The molecule has 1 fully saturated rings. The molecule has 0 saturated carbocycles. The minimum Gasteiger partial charge on any atom is -0.327 e. The minimum absolute atomic E-state index is 0.0448. The maximum Gasteiger partial charge on any atom is 0.252 e. The van der Waals surface area contributed by atoms with Gasteiger partial charge in [-0.15, -0.1) is 0 Å². The SMILES string of the molecule is O=c1[nH]cc(Cl)cc1[C@H]1CCN1. The van der Waals surface area contributed by atoms with Crippen LogP contribution in [-0.2, 0) is 0 Å². The summed E-state index contributed by atoms with van der Waals surface area (Å²) in [6.07, 6.45) is 2.52. The smallest absolute Gasteiger partial charge is 0.252 e. The first kappa shape index (κ1) is 7.83. The van der Waals surface area contributed by atoms with E-state index < -0.39 is 0 Å². The monoisotopic (exact) mass is 184 g/mol. The van der Waals surface area contributed by atoms with Gasteiger partial charge < -0.3 is 10.3 Å². The van der Waals surface area contributed by atoms with Crippen molar-refractivity contribution in [2.24, 2.45) is 0 Å². The Hall–Kier alpha value is -0.800. The van der Waals surface area contributed by atoms with Gasteiger partial charge in [-0.2, -0.15) is 0 Å². The second-order valence-corrected chi connectivity index (χ2v) is 3.33. The maximum atomic E-state index is 11.3. The van der Waals surface area contributed by atoms with Crippen molar-refractivity contribution in [3.63, 3.8) is 0 Å². The first-order valence-corrected chi connectivity index (χ1v) is 4.26. The molecule has 1 aromatic rings. The standard InChI is InChI=1S/C8H9ClN2O/c9-5-3-6(7-1-2-10-7)8(12)11-4-5/h3-4,7,10H,1-2H2,(H,11,12)/t7-/m1/s1. The third-order valence-corrected chi connectivity index (χ3v) is 2.31. The second kappa shape index (κ2) is 2.92. The van der Waals surface area contributed by atoms with Gasteiger partial charge in [0.15, 0.2) is 0 Å². The zero-order chi connectivity index (χ0) is 8.55. The maximum absolute atomic E-state index is 11.3. The van der Waals surface area contributed by atoms with Gasteiger partial charge in [0.25, 0.3) is 5.56 Å². The van der Waals surface area contributed by atoms with Crippen molar-refractivity contribution in [2.45, 2.75) is 12.5 Å². The Morgan fingerprint density at radius 3 is 2.92 bits per heavy atom. The van der Waals surface area contributed by atoms with Crippen molar-refractivity contribution in [2.75, 3.05) is 6.54 Å². The fourth-order valence-electron chi connectivity index (χ4n) is 1.29. The average Bonchev–Trinajstić information content (AvgIpc) is 1.93. The number of hydrogen-bond donors (Lipinski definition) is 2. The van der Waals surface area contributed by atoms with Crippen molar-refractivity contribution >= 4 is 11.6 Å². The molecular formula is C8H9ClN2O. The van der Waals surface area contributed by atoms with Gasteiger partial charge in [0.05, 0.1) is 5.02 Å². The summed E-state index contributed by atoms with van der Waals surface area (Å²) in [6.45, 7) is 0.983. The van der Waals surface area contributed by atoms with Gasteiger partial charge in [-0.05, 0) is 19.0 Å². The van der Waals surface area contributed by atoms with Crippen LogP contribution in [0, 0.1) is 0 Å². The molecule has 3 nitrogen and oxygen atoms in total. The van der Waals surface area contributed by atoms with Crippen LogP contribution in [0.4, 0.5) is 0 Å². The summed E-state index contributed by atoms with van der Waals surface area (Å²) >= 11 is 5.74. The van der Waals surface area contributed by atoms with E-state index in [4.69, 9.17) is 11.6 Å². The van der Waals surface area contributed by atoms with Gasteiger partial charge in [-0.25, -0.2) is 0 Å². The first-order valence-electron chi connectivity index (χ1n) is 3.89. The highest BCUT2D eigenvalue weighted by Crippen LogP contribution is 2.20. The van der Waals surface area contributed by atoms with E-state index in [1.165, 1.54) is 6.20 Å². The summed E-state index contributed by atoms with van der Waals surface area (Å²) in [5, 5.41) is 3.73. The molecule has 1 atom stereocenters. The van der Waals surface area contributed by atoms with Gasteiger partial charge in [-0.3, -0.25) is 4.79 Å². The van der Waals surface area contributed by atoms with E-state index >= 15 is 0 Å². The topological polar surface area (TPSA) is 44.9 Å². The fraction of sp³-hybridized carbons (Fsp3) is 0.375. The molecule has 0 radical (unpaired) electrons. The Balaban J connectivity index is 2.40. The third-order valence-electron chi connectivity index (χ3n) is 2.10. The molecule has 1 aromatic heterocycles. The van der Waals surface area contributed by atoms with Crippen LogP contribution in [0.15, 0.2) is 17.1 Å². The van der Waals surface area contributed by atoms with Crippen molar-refractivity contribution in [1.29, 1.82) is 0 Å². The van der Waals surface area contributed by atoms with E-state index in [2.05, 4.69) is 10.3 Å². The zero-order valence-electron chi connectivity index (χ0n) is 6.43. The van der Waals surface area contributed by atoms with E-state index in [0.29, 0.717) is 5.02 Å². The van der Waals surface area contributed by atoms with Crippen LogP contribution in [0.1, 0.15) is 18.0 Å². The molecule has 0 unspecified atom stereocenters. The molecule has 1 saturated heterocycles. The molecule has 2 heterocycles. The predicted octanol–water partition coefficient (Wildman–Crippen LogP) is 1.06. The molecule has 0 aromatic carbocycles. The highest BCUT2D eigenvalue weighted by Gasteiger charge is 2.21. The molecule has 1 aliphatic rings. The van der Waals surface area contributed by atoms with Gasteiger partial charge in [0, 0.05) is 17.8 Å². The number of rotatable bonds is 1. The van der Waals surface area contributed by atoms with E-state index in [0.717, 1.165) is 18.5 Å². The Kier molecular flexibility index (Phi) is 1.90. The molecule has 2 N–H and O–H groups in total. The van der Waals surface area contributed by atoms with Crippen molar-refractivity contribution < 1.29 is 0 Å². The number of nitrogens with one attached hydrogen (secondary N) is 2. The molecule has 0 bridgehead atoms. The third kappa shape index (κ3) is 1.26. The number of H-pyrrole nitrogens is 1. The zero-order valence-corrected chi connectivity index (χ0v) is 7.19. The summed E-state index contributed by atoms with van der Waals surface area (Å²) in [5.41, 5.74) is 0.699. The van der Waals surface area contributed by atoms with Gasteiger partial charge >= 0.3 is 0 Å². The van der Waals surface area contributed by atoms with Crippen LogP contribution in [-0.4, -0.2) is 11.5 Å². The average molecular weight is 185 g/mol. The number of aromatic nitrogens is 1. The number of halogens is 1. The quantitative estimate of drug-likeness (QED) is 0.686. The van der Waals surface area contributed by atoms with Crippen molar-refractivity contribution in [3.8, 4) is 0 Å².